The summed E-state index contributed by atoms with van der Waals surface area (Å²) in [4.78, 5) is 12.3. The van der Waals surface area contributed by atoms with Gasteiger partial charge in [-0.15, -0.1) is 0 Å². The molecule has 25 heavy (non-hydrogen) atoms. The fourth-order valence-corrected chi connectivity index (χ4v) is 2.67. The minimum atomic E-state index is -4.53. The van der Waals surface area contributed by atoms with Gasteiger partial charge in [-0.1, -0.05) is 12.1 Å². The Balaban J connectivity index is 1.69. The van der Waals surface area contributed by atoms with Crippen LogP contribution < -0.4 is 15.4 Å². The number of rotatable bonds is 4. The number of carbonyl (C=O) groups excluding carboxylic acids is 1. The molecule has 4 nitrogen and oxygen atoms in total. The highest BCUT2D eigenvalue weighted by Crippen LogP contribution is 2.34. The van der Waals surface area contributed by atoms with Crippen molar-refractivity contribution in [1.82, 2.24) is 0 Å². The van der Waals surface area contributed by atoms with Crippen molar-refractivity contribution in [3.8, 4) is 5.75 Å². The van der Waals surface area contributed by atoms with Crippen LogP contribution in [0.25, 0.3) is 0 Å². The molecule has 132 valence electrons. The van der Waals surface area contributed by atoms with Crippen LogP contribution in [0.2, 0.25) is 0 Å². The van der Waals surface area contributed by atoms with E-state index in [1.54, 1.807) is 13.0 Å². The summed E-state index contributed by atoms with van der Waals surface area (Å²) >= 11 is 0. The molecule has 0 radical (unpaired) electrons. The Kier molecular flexibility index (Phi) is 4.57. The Morgan fingerprint density at radius 1 is 1.20 bits per heavy atom. The van der Waals surface area contributed by atoms with Gasteiger partial charge in [0.05, 0.1) is 17.9 Å². The smallest absolute Gasteiger partial charge is 0.418 e. The molecule has 0 unspecified atom stereocenters. The number of hydrogen-bond acceptors (Lipinski definition) is 3. The zero-order valence-corrected chi connectivity index (χ0v) is 13.5. The number of fused-ring (bicyclic) bond motifs is 1. The highest BCUT2D eigenvalue weighted by molar-refractivity contribution is 5.97. The zero-order valence-electron chi connectivity index (χ0n) is 13.5. The summed E-state index contributed by atoms with van der Waals surface area (Å²) in [6.45, 7) is 2.22. The van der Waals surface area contributed by atoms with Gasteiger partial charge in [0.2, 0.25) is 5.91 Å². The van der Waals surface area contributed by atoms with E-state index >= 15 is 0 Å². The summed E-state index contributed by atoms with van der Waals surface area (Å²) in [6.07, 6.45) is -3.73. The van der Waals surface area contributed by atoms with Crippen LogP contribution in [0.4, 0.5) is 24.5 Å². The lowest BCUT2D eigenvalue weighted by Gasteiger charge is -2.18. The van der Waals surface area contributed by atoms with Gasteiger partial charge in [0.15, 0.2) is 0 Å². The molecule has 1 heterocycles. The second kappa shape index (κ2) is 6.66. The van der Waals surface area contributed by atoms with Gasteiger partial charge in [-0.25, -0.2) is 0 Å². The molecular weight excluding hydrogens is 333 g/mol. The number of amides is 1. The van der Waals surface area contributed by atoms with Crippen molar-refractivity contribution in [2.45, 2.75) is 25.6 Å². The number of anilines is 2. The van der Waals surface area contributed by atoms with Gasteiger partial charge in [-0.2, -0.15) is 13.2 Å². The fourth-order valence-electron chi connectivity index (χ4n) is 2.67. The Labute approximate surface area is 143 Å². The molecule has 0 aliphatic carbocycles. The molecule has 2 aromatic carbocycles. The van der Waals surface area contributed by atoms with Crippen molar-refractivity contribution < 1.29 is 22.7 Å². The molecule has 0 spiro atoms. The quantitative estimate of drug-likeness (QED) is 0.874. The number of ether oxygens (including phenoxy) is 1. The lowest BCUT2D eigenvalue weighted by atomic mass is 10.1. The van der Waals surface area contributed by atoms with Gasteiger partial charge in [-0.3, -0.25) is 4.79 Å². The molecule has 0 saturated heterocycles. The summed E-state index contributed by atoms with van der Waals surface area (Å²) in [5, 5.41) is 5.34. The normalized spacial score (nSPS) is 14.4. The molecule has 1 aliphatic rings. The van der Waals surface area contributed by atoms with Crippen molar-refractivity contribution >= 4 is 17.3 Å². The van der Waals surface area contributed by atoms with Crippen LogP contribution in [-0.4, -0.2) is 18.6 Å². The topological polar surface area (TPSA) is 50.4 Å². The monoisotopic (exact) mass is 350 g/mol. The molecule has 2 aromatic rings. The van der Waals surface area contributed by atoms with Gasteiger partial charge in [-0.05, 0) is 42.8 Å². The molecule has 0 saturated carbocycles. The lowest BCUT2D eigenvalue weighted by Crippen LogP contribution is -2.32. The van der Waals surface area contributed by atoms with Gasteiger partial charge in [0.25, 0.3) is 0 Å². The van der Waals surface area contributed by atoms with Crippen LogP contribution >= 0.6 is 0 Å². The van der Waals surface area contributed by atoms with E-state index in [1.807, 2.05) is 12.1 Å². The highest BCUT2D eigenvalue weighted by atomic mass is 19.4. The third-order valence-corrected chi connectivity index (χ3v) is 3.96. The van der Waals surface area contributed by atoms with Crippen molar-refractivity contribution in [3.63, 3.8) is 0 Å². The highest BCUT2D eigenvalue weighted by Gasteiger charge is 2.33. The fraction of sp³-hybridized carbons (Fsp3) is 0.278. The predicted octanol–water partition coefficient (Wildman–Crippen LogP) is 4.08. The van der Waals surface area contributed by atoms with Crippen LogP contribution in [0.3, 0.4) is 0 Å². The number of para-hydroxylation sites is 1. The van der Waals surface area contributed by atoms with Crippen LogP contribution in [0, 0.1) is 0 Å². The number of alkyl halides is 3. The SMILES string of the molecule is C[C@@H](Nc1ccc2c(c1)CCO2)C(=O)Nc1ccccc1C(F)(F)F. The molecule has 2 N–H and O–H groups in total. The second-order valence-electron chi connectivity index (χ2n) is 5.82. The number of benzene rings is 2. The Bertz CT molecular complexity index is 790. The average molecular weight is 350 g/mol. The van der Waals surface area contributed by atoms with Crippen LogP contribution in [-0.2, 0) is 17.4 Å². The number of carbonyl (C=O) groups is 1. The number of nitrogens with one attached hydrogen (secondary N) is 2. The Morgan fingerprint density at radius 3 is 2.72 bits per heavy atom. The first kappa shape index (κ1) is 17.1. The zero-order chi connectivity index (χ0) is 18.0. The number of halogens is 3. The maximum atomic E-state index is 13.0. The molecule has 1 aliphatic heterocycles. The van der Waals surface area contributed by atoms with Crippen molar-refractivity contribution in [2.24, 2.45) is 0 Å². The van der Waals surface area contributed by atoms with Crippen molar-refractivity contribution in [3.05, 3.63) is 53.6 Å². The van der Waals surface area contributed by atoms with E-state index in [4.69, 9.17) is 4.74 Å². The van der Waals surface area contributed by atoms with Crippen LogP contribution in [0.5, 0.6) is 5.75 Å². The van der Waals surface area contributed by atoms with E-state index in [-0.39, 0.29) is 5.69 Å². The molecular formula is C18H17F3N2O2. The summed E-state index contributed by atoms with van der Waals surface area (Å²) < 4.78 is 44.4. The van der Waals surface area contributed by atoms with E-state index in [9.17, 15) is 18.0 Å². The van der Waals surface area contributed by atoms with Crippen molar-refractivity contribution in [2.75, 3.05) is 17.2 Å². The third kappa shape index (κ3) is 3.87. The standard InChI is InChI=1S/C18H17F3N2O2/c1-11(22-13-6-7-16-12(10-13)8-9-25-16)17(24)23-15-5-3-2-4-14(15)18(19,20)21/h2-7,10-11,22H,8-9H2,1H3,(H,23,24)/t11-/m1/s1. The maximum Gasteiger partial charge on any atom is 0.418 e. The maximum absolute atomic E-state index is 13.0. The van der Waals surface area contributed by atoms with E-state index in [0.717, 1.165) is 29.5 Å². The van der Waals surface area contributed by atoms with E-state index < -0.39 is 23.7 Å². The van der Waals surface area contributed by atoms with Gasteiger partial charge in [0.1, 0.15) is 11.8 Å². The first-order valence-electron chi connectivity index (χ1n) is 7.84. The van der Waals surface area contributed by atoms with Crippen LogP contribution in [0.1, 0.15) is 18.1 Å². The largest absolute Gasteiger partial charge is 0.493 e. The molecule has 0 bridgehead atoms. The predicted molar refractivity (Wildman–Crippen MR) is 88.8 cm³/mol. The summed E-state index contributed by atoms with van der Waals surface area (Å²) in [6, 6.07) is 9.67. The summed E-state index contributed by atoms with van der Waals surface area (Å²) in [7, 11) is 0. The van der Waals surface area contributed by atoms with Crippen molar-refractivity contribution in [1.29, 1.82) is 0 Å². The van der Waals surface area contributed by atoms with Crippen LogP contribution in [0.15, 0.2) is 42.5 Å². The minimum Gasteiger partial charge on any atom is -0.493 e. The molecule has 3 rings (SSSR count). The van der Waals surface area contributed by atoms with E-state index in [0.29, 0.717) is 6.61 Å². The third-order valence-electron chi connectivity index (χ3n) is 3.96. The molecule has 0 aromatic heterocycles. The van der Waals surface area contributed by atoms with Gasteiger partial charge >= 0.3 is 6.18 Å². The molecule has 1 atom stereocenters. The average Bonchev–Trinajstić information content (AvgIpc) is 3.02. The summed E-state index contributed by atoms with van der Waals surface area (Å²) in [5.74, 6) is 0.273. The van der Waals surface area contributed by atoms with E-state index in [1.165, 1.54) is 18.2 Å². The molecule has 1 amide bonds. The number of hydrogen-bond donors (Lipinski definition) is 2. The lowest BCUT2D eigenvalue weighted by molar-refractivity contribution is -0.137. The first-order valence-corrected chi connectivity index (χ1v) is 7.84. The second-order valence-corrected chi connectivity index (χ2v) is 5.82. The summed E-state index contributed by atoms with van der Waals surface area (Å²) in [5.41, 5.74) is 0.636. The van der Waals surface area contributed by atoms with Gasteiger partial charge < -0.3 is 15.4 Å². The first-order chi connectivity index (χ1) is 11.8. The van der Waals surface area contributed by atoms with E-state index in [2.05, 4.69) is 10.6 Å². The molecule has 0 fully saturated rings. The molecule has 7 heteroatoms. The minimum absolute atomic E-state index is 0.254. The Morgan fingerprint density at radius 2 is 1.96 bits per heavy atom. The van der Waals surface area contributed by atoms with Gasteiger partial charge in [0, 0.05) is 12.1 Å². The Hall–Kier alpha value is -2.70.